The number of para-hydroxylation sites is 2. The van der Waals surface area contributed by atoms with Crippen LogP contribution in [-0.4, -0.2) is 38.6 Å². The van der Waals surface area contributed by atoms with E-state index in [0.29, 0.717) is 24.1 Å². The summed E-state index contributed by atoms with van der Waals surface area (Å²) in [5.41, 5.74) is 1.71. The van der Waals surface area contributed by atoms with Gasteiger partial charge in [-0.25, -0.2) is 0 Å². The van der Waals surface area contributed by atoms with Gasteiger partial charge in [-0.1, -0.05) is 41.2 Å². The molecule has 4 rings (SSSR count). The molecule has 2 aromatic carbocycles. The lowest BCUT2D eigenvalue weighted by molar-refractivity contribution is 0.341. The maximum absolute atomic E-state index is 5.67. The second-order valence-corrected chi connectivity index (χ2v) is 7.42. The summed E-state index contributed by atoms with van der Waals surface area (Å²) >= 11 is 1.50. The Morgan fingerprint density at radius 1 is 0.968 bits per heavy atom. The van der Waals surface area contributed by atoms with Crippen molar-refractivity contribution >= 4 is 11.8 Å². The number of hydrogen-bond acceptors (Lipinski definition) is 8. The second kappa shape index (κ2) is 9.65. The summed E-state index contributed by atoms with van der Waals surface area (Å²) in [6.07, 6.45) is 0. The Hall–Kier alpha value is -3.33. The quantitative estimate of drug-likeness (QED) is 0.348. The summed E-state index contributed by atoms with van der Waals surface area (Å²) in [5.74, 6) is 3.75. The maximum atomic E-state index is 5.67. The predicted molar refractivity (Wildman–Crippen MR) is 118 cm³/mol. The van der Waals surface area contributed by atoms with Gasteiger partial charge in [0.1, 0.15) is 11.5 Å². The highest BCUT2D eigenvalue weighted by Gasteiger charge is 2.18. The summed E-state index contributed by atoms with van der Waals surface area (Å²) < 4.78 is 18.6. The van der Waals surface area contributed by atoms with E-state index in [0.717, 1.165) is 40.2 Å². The van der Waals surface area contributed by atoms with Crippen LogP contribution in [0.4, 0.5) is 0 Å². The first-order valence-corrected chi connectivity index (χ1v) is 11.0. The minimum Gasteiger partial charge on any atom is -0.496 e. The van der Waals surface area contributed by atoms with E-state index in [9.17, 15) is 0 Å². The molecule has 8 nitrogen and oxygen atoms in total. The van der Waals surface area contributed by atoms with Crippen molar-refractivity contribution in [3.63, 3.8) is 0 Å². The van der Waals surface area contributed by atoms with Gasteiger partial charge >= 0.3 is 0 Å². The van der Waals surface area contributed by atoms with Crippen molar-refractivity contribution in [1.82, 2.24) is 24.9 Å². The molecule has 0 spiro atoms. The van der Waals surface area contributed by atoms with E-state index in [1.807, 2.05) is 60.0 Å². The van der Waals surface area contributed by atoms with E-state index < -0.39 is 0 Å². The molecule has 0 radical (unpaired) electrons. The molecule has 4 aromatic rings. The molecule has 160 valence electrons. The van der Waals surface area contributed by atoms with Crippen LogP contribution in [0.15, 0.2) is 58.2 Å². The molecule has 31 heavy (non-hydrogen) atoms. The highest BCUT2D eigenvalue weighted by molar-refractivity contribution is 7.98. The van der Waals surface area contributed by atoms with Crippen molar-refractivity contribution in [2.75, 3.05) is 13.7 Å². The summed E-state index contributed by atoms with van der Waals surface area (Å²) in [5, 5.41) is 13.7. The van der Waals surface area contributed by atoms with Crippen LogP contribution < -0.4 is 9.47 Å². The molecule has 0 unspecified atom stereocenters. The van der Waals surface area contributed by atoms with Crippen molar-refractivity contribution in [2.24, 2.45) is 0 Å². The molecule has 0 bridgehead atoms. The lowest BCUT2D eigenvalue weighted by Crippen LogP contribution is -2.01. The van der Waals surface area contributed by atoms with Crippen molar-refractivity contribution in [3.8, 4) is 34.3 Å². The molecule has 0 atom stereocenters. The molecule has 0 N–H and O–H groups in total. The lowest BCUT2D eigenvalue weighted by Gasteiger charge is -2.09. The fraction of sp³-hybridized carbons (Fsp3) is 0.273. The highest BCUT2D eigenvalue weighted by Crippen LogP contribution is 2.32. The van der Waals surface area contributed by atoms with E-state index in [1.54, 1.807) is 7.11 Å². The number of methoxy groups -OCH3 is 1. The summed E-state index contributed by atoms with van der Waals surface area (Å²) in [7, 11) is 1.65. The number of benzene rings is 2. The number of rotatable bonds is 9. The third kappa shape index (κ3) is 4.41. The van der Waals surface area contributed by atoms with Crippen molar-refractivity contribution in [1.29, 1.82) is 0 Å². The number of aromatic nitrogens is 5. The first kappa shape index (κ1) is 20.9. The topological polar surface area (TPSA) is 88.1 Å². The Kier molecular flexibility index (Phi) is 6.51. The van der Waals surface area contributed by atoms with Crippen molar-refractivity contribution < 1.29 is 14.0 Å². The Balaban J connectivity index is 1.53. The predicted octanol–water partition coefficient (Wildman–Crippen LogP) is 4.71. The smallest absolute Gasteiger partial charge is 0.237 e. The van der Waals surface area contributed by atoms with E-state index in [1.165, 1.54) is 11.8 Å². The van der Waals surface area contributed by atoms with E-state index in [4.69, 9.17) is 14.0 Å². The molecule has 0 saturated carbocycles. The lowest BCUT2D eigenvalue weighted by atomic mass is 10.2. The Bertz CT molecular complexity index is 1160. The van der Waals surface area contributed by atoms with Crippen molar-refractivity contribution in [2.45, 2.75) is 31.3 Å². The molecule has 0 amide bonds. The minimum atomic E-state index is 0.480. The van der Waals surface area contributed by atoms with Gasteiger partial charge in [-0.3, -0.25) is 0 Å². The first-order chi connectivity index (χ1) is 15.2. The van der Waals surface area contributed by atoms with Gasteiger partial charge in [0.15, 0.2) is 11.0 Å². The van der Waals surface area contributed by atoms with Crippen LogP contribution in [0.25, 0.3) is 22.8 Å². The molecular formula is C22H23N5O3S. The van der Waals surface area contributed by atoms with Gasteiger partial charge in [-0.2, -0.15) is 4.98 Å². The van der Waals surface area contributed by atoms with Gasteiger partial charge in [-0.15, -0.1) is 10.2 Å². The zero-order valence-corrected chi connectivity index (χ0v) is 18.4. The second-order valence-electron chi connectivity index (χ2n) is 6.48. The van der Waals surface area contributed by atoms with Gasteiger partial charge in [0.25, 0.3) is 0 Å². The van der Waals surface area contributed by atoms with Gasteiger partial charge in [0.2, 0.25) is 11.7 Å². The van der Waals surface area contributed by atoms with Gasteiger partial charge in [0, 0.05) is 6.54 Å². The SMILES string of the molecule is CCOc1ccccc1-c1noc(CSc2nnc(-c3ccccc3OC)n2CC)n1. The minimum absolute atomic E-state index is 0.480. The summed E-state index contributed by atoms with van der Waals surface area (Å²) in [4.78, 5) is 4.53. The Morgan fingerprint density at radius 2 is 1.71 bits per heavy atom. The van der Waals surface area contributed by atoms with Gasteiger partial charge < -0.3 is 18.6 Å². The largest absolute Gasteiger partial charge is 0.496 e. The zero-order valence-electron chi connectivity index (χ0n) is 17.6. The molecule has 0 aliphatic rings. The Labute approximate surface area is 184 Å². The fourth-order valence-electron chi connectivity index (χ4n) is 3.19. The van der Waals surface area contributed by atoms with Crippen LogP contribution in [0.1, 0.15) is 19.7 Å². The van der Waals surface area contributed by atoms with Crippen LogP contribution in [0.5, 0.6) is 11.5 Å². The van der Waals surface area contributed by atoms with Gasteiger partial charge in [0.05, 0.1) is 30.6 Å². The summed E-state index contributed by atoms with van der Waals surface area (Å²) in [6, 6.07) is 15.4. The van der Waals surface area contributed by atoms with Crippen molar-refractivity contribution in [3.05, 3.63) is 54.4 Å². The van der Waals surface area contributed by atoms with E-state index in [-0.39, 0.29) is 0 Å². The Morgan fingerprint density at radius 3 is 2.45 bits per heavy atom. The number of nitrogens with zero attached hydrogens (tertiary/aromatic N) is 5. The van der Waals surface area contributed by atoms with Crippen LogP contribution in [0, 0.1) is 0 Å². The molecule has 2 aromatic heterocycles. The molecule has 0 aliphatic heterocycles. The zero-order chi connectivity index (χ0) is 21.6. The van der Waals surface area contributed by atoms with Gasteiger partial charge in [-0.05, 0) is 38.1 Å². The summed E-state index contributed by atoms with van der Waals surface area (Å²) in [6.45, 7) is 5.29. The van der Waals surface area contributed by atoms with E-state index in [2.05, 4.69) is 27.3 Å². The van der Waals surface area contributed by atoms with Crippen LogP contribution in [-0.2, 0) is 12.3 Å². The third-order valence-corrected chi connectivity index (χ3v) is 5.55. The maximum Gasteiger partial charge on any atom is 0.237 e. The molecule has 0 aliphatic carbocycles. The molecule has 0 saturated heterocycles. The normalized spacial score (nSPS) is 10.9. The molecule has 2 heterocycles. The van der Waals surface area contributed by atoms with Crippen LogP contribution in [0.2, 0.25) is 0 Å². The highest BCUT2D eigenvalue weighted by atomic mass is 32.2. The van der Waals surface area contributed by atoms with Crippen LogP contribution in [0.3, 0.4) is 0 Å². The first-order valence-electron chi connectivity index (χ1n) is 9.99. The number of ether oxygens (including phenoxy) is 2. The molecular weight excluding hydrogens is 414 g/mol. The molecule has 0 fully saturated rings. The average Bonchev–Trinajstić information content (AvgIpc) is 3.45. The fourth-order valence-corrected chi connectivity index (χ4v) is 4.03. The molecule has 9 heteroatoms. The average molecular weight is 438 g/mol. The number of hydrogen-bond donors (Lipinski definition) is 0. The van der Waals surface area contributed by atoms with Crippen LogP contribution >= 0.6 is 11.8 Å². The van der Waals surface area contributed by atoms with E-state index >= 15 is 0 Å². The third-order valence-electron chi connectivity index (χ3n) is 4.60. The monoisotopic (exact) mass is 437 g/mol. The number of thioether (sulfide) groups is 1. The standard InChI is InChI=1S/C22H23N5O3S/c1-4-27-21(16-11-7-8-12-17(16)28-3)24-25-22(27)31-14-19-23-20(26-30-19)15-10-6-9-13-18(15)29-5-2/h6-13H,4-5,14H2,1-3H3.